The van der Waals surface area contributed by atoms with Crippen molar-refractivity contribution in [1.29, 1.82) is 0 Å². The molecule has 7 nitrogen and oxygen atoms in total. The van der Waals surface area contributed by atoms with Gasteiger partial charge in [-0.1, -0.05) is 24.3 Å². The molecule has 1 fully saturated rings. The summed E-state index contributed by atoms with van der Waals surface area (Å²) in [7, 11) is 3.49. The molecule has 1 saturated heterocycles. The summed E-state index contributed by atoms with van der Waals surface area (Å²) in [5.74, 6) is 2.82. The third-order valence-corrected chi connectivity index (χ3v) is 5.93. The highest BCUT2D eigenvalue weighted by Crippen LogP contribution is 2.28. The zero-order chi connectivity index (χ0) is 23.0. The number of nitrogens with one attached hydrogen (secondary N) is 2. The van der Waals surface area contributed by atoms with Crippen LogP contribution in [0.1, 0.15) is 39.6 Å². The monoisotopic (exact) mass is 446 g/mol. The molecule has 0 aliphatic carbocycles. The van der Waals surface area contributed by atoms with E-state index in [0.29, 0.717) is 24.6 Å². The molecule has 0 bridgehead atoms. The summed E-state index contributed by atoms with van der Waals surface area (Å²) in [5.41, 5.74) is 2.96. The van der Waals surface area contributed by atoms with E-state index in [1.54, 1.807) is 19.4 Å². The lowest BCUT2D eigenvalue weighted by Crippen LogP contribution is -2.39. The first kappa shape index (κ1) is 22.5. The summed E-state index contributed by atoms with van der Waals surface area (Å²) in [5, 5.41) is 6.33. The minimum atomic E-state index is -0.125. The van der Waals surface area contributed by atoms with Gasteiger partial charge in [0.2, 0.25) is 0 Å². The molecule has 4 rings (SSSR count). The van der Waals surface area contributed by atoms with E-state index in [0.717, 1.165) is 42.5 Å². The lowest BCUT2D eigenvalue weighted by atomic mass is 9.98. The fourth-order valence-electron chi connectivity index (χ4n) is 4.12. The highest BCUT2D eigenvalue weighted by molar-refractivity contribution is 5.94. The van der Waals surface area contributed by atoms with Crippen LogP contribution < -0.4 is 15.4 Å². The lowest BCUT2D eigenvalue weighted by molar-refractivity contribution is 0.0948. The van der Waals surface area contributed by atoms with E-state index in [1.165, 1.54) is 5.56 Å². The predicted octanol–water partition coefficient (Wildman–Crippen LogP) is 3.78. The first-order valence-electron chi connectivity index (χ1n) is 11.2. The van der Waals surface area contributed by atoms with Crippen molar-refractivity contribution < 1.29 is 13.9 Å². The number of guanidine groups is 1. The Labute approximate surface area is 194 Å². The number of furan rings is 1. The molecule has 0 radical (unpaired) electrons. The van der Waals surface area contributed by atoms with Crippen LogP contribution in [0.15, 0.2) is 76.3 Å². The van der Waals surface area contributed by atoms with Crippen LogP contribution in [0.4, 0.5) is 0 Å². The topological polar surface area (TPSA) is 79.1 Å². The van der Waals surface area contributed by atoms with Gasteiger partial charge >= 0.3 is 0 Å². The summed E-state index contributed by atoms with van der Waals surface area (Å²) in [4.78, 5) is 19.3. The van der Waals surface area contributed by atoms with Crippen LogP contribution in [0, 0.1) is 0 Å². The second-order valence-corrected chi connectivity index (χ2v) is 8.07. The van der Waals surface area contributed by atoms with E-state index in [-0.39, 0.29) is 5.91 Å². The van der Waals surface area contributed by atoms with E-state index < -0.39 is 0 Å². The quantitative estimate of drug-likeness (QED) is 0.427. The van der Waals surface area contributed by atoms with Crippen LogP contribution >= 0.6 is 0 Å². The number of hydrogen-bond acceptors (Lipinski definition) is 4. The number of ether oxygens (including phenoxy) is 1. The number of likely N-dealkylation sites (tertiary alicyclic amines) is 1. The number of methoxy groups -OCH3 is 1. The number of nitrogens with zero attached hydrogens (tertiary/aromatic N) is 2. The summed E-state index contributed by atoms with van der Waals surface area (Å²) in [6.07, 6.45) is 2.68. The molecule has 33 heavy (non-hydrogen) atoms. The van der Waals surface area contributed by atoms with E-state index in [4.69, 9.17) is 9.15 Å². The van der Waals surface area contributed by atoms with Crippen LogP contribution in [0.2, 0.25) is 0 Å². The van der Waals surface area contributed by atoms with Crippen molar-refractivity contribution in [2.24, 2.45) is 4.99 Å². The average molecular weight is 447 g/mol. The van der Waals surface area contributed by atoms with Gasteiger partial charge in [0, 0.05) is 38.2 Å². The molecule has 2 aromatic carbocycles. The van der Waals surface area contributed by atoms with Crippen molar-refractivity contribution in [2.75, 3.05) is 27.2 Å². The van der Waals surface area contributed by atoms with Gasteiger partial charge in [-0.2, -0.15) is 0 Å². The molecular weight excluding hydrogens is 416 g/mol. The molecule has 0 saturated carbocycles. The predicted molar refractivity (Wildman–Crippen MR) is 128 cm³/mol. The number of carbonyl (C=O) groups excluding carboxylic acids is 1. The summed E-state index contributed by atoms with van der Waals surface area (Å²) in [6, 6.07) is 19.6. The van der Waals surface area contributed by atoms with Crippen LogP contribution in [-0.2, 0) is 13.1 Å². The number of hydrogen-bond donors (Lipinski definition) is 2. The van der Waals surface area contributed by atoms with Gasteiger partial charge in [-0.15, -0.1) is 0 Å². The highest BCUT2D eigenvalue weighted by Gasteiger charge is 2.26. The SMILES string of the molecule is CN=C(NCc1cccc(C(=O)NCc2ccco2)c1)N1CCC(c2ccc(OC)cc2)C1. The minimum Gasteiger partial charge on any atom is -0.497 e. The van der Waals surface area contributed by atoms with E-state index in [9.17, 15) is 4.79 Å². The molecule has 2 heterocycles. The second kappa shape index (κ2) is 10.7. The Morgan fingerprint density at radius 2 is 1.97 bits per heavy atom. The molecule has 3 aromatic rings. The minimum absolute atomic E-state index is 0.125. The van der Waals surface area contributed by atoms with Crippen LogP contribution in [0.5, 0.6) is 5.75 Å². The van der Waals surface area contributed by atoms with Crippen molar-refractivity contribution in [3.63, 3.8) is 0 Å². The van der Waals surface area contributed by atoms with E-state index in [2.05, 4.69) is 32.7 Å². The van der Waals surface area contributed by atoms with Crippen molar-refractivity contribution >= 4 is 11.9 Å². The maximum absolute atomic E-state index is 12.5. The van der Waals surface area contributed by atoms with Crippen molar-refractivity contribution in [2.45, 2.75) is 25.4 Å². The molecule has 1 aromatic heterocycles. The van der Waals surface area contributed by atoms with Gasteiger partial charge in [-0.25, -0.2) is 0 Å². The smallest absolute Gasteiger partial charge is 0.251 e. The standard InChI is InChI=1S/C26H30N4O3/c1-27-26(30-13-12-22(18-30)20-8-10-23(32-2)11-9-20)29-16-19-5-3-6-21(15-19)25(31)28-17-24-7-4-14-33-24/h3-11,14-15,22H,12-13,16-18H2,1-2H3,(H,27,29)(H,28,31). The second-order valence-electron chi connectivity index (χ2n) is 8.07. The molecule has 1 amide bonds. The van der Waals surface area contributed by atoms with Crippen molar-refractivity contribution in [3.8, 4) is 5.75 Å². The molecule has 2 N–H and O–H groups in total. The molecule has 172 valence electrons. The van der Waals surface area contributed by atoms with E-state index in [1.807, 2.05) is 49.5 Å². The third kappa shape index (κ3) is 5.74. The highest BCUT2D eigenvalue weighted by atomic mass is 16.5. The Hall–Kier alpha value is -3.74. The van der Waals surface area contributed by atoms with Crippen LogP contribution in [0.25, 0.3) is 0 Å². The van der Waals surface area contributed by atoms with Gasteiger partial charge in [-0.3, -0.25) is 9.79 Å². The maximum Gasteiger partial charge on any atom is 0.251 e. The van der Waals surface area contributed by atoms with Gasteiger partial charge in [0.05, 0.1) is 19.9 Å². The van der Waals surface area contributed by atoms with Gasteiger partial charge in [0.15, 0.2) is 5.96 Å². The van der Waals surface area contributed by atoms with E-state index >= 15 is 0 Å². The lowest BCUT2D eigenvalue weighted by Gasteiger charge is -2.22. The summed E-state index contributed by atoms with van der Waals surface area (Å²) >= 11 is 0. The van der Waals surface area contributed by atoms with Gasteiger partial charge in [0.1, 0.15) is 11.5 Å². The summed E-state index contributed by atoms with van der Waals surface area (Å²) < 4.78 is 10.5. The number of rotatable bonds is 7. The number of amides is 1. The Balaban J connectivity index is 1.31. The van der Waals surface area contributed by atoms with Crippen LogP contribution in [0.3, 0.4) is 0 Å². The number of aliphatic imine (C=N–C) groups is 1. The first-order valence-corrected chi connectivity index (χ1v) is 11.2. The Kier molecular flexibility index (Phi) is 7.29. The molecule has 1 atom stereocenters. The van der Waals surface area contributed by atoms with Gasteiger partial charge in [0.25, 0.3) is 5.91 Å². The first-order chi connectivity index (χ1) is 16.2. The average Bonchev–Trinajstić information content (AvgIpc) is 3.56. The molecule has 7 heteroatoms. The Bertz CT molecular complexity index is 1080. The fraction of sp³-hybridized carbons (Fsp3) is 0.308. The third-order valence-electron chi connectivity index (χ3n) is 5.93. The molecule has 1 aliphatic heterocycles. The maximum atomic E-state index is 12.5. The Morgan fingerprint density at radius 3 is 2.70 bits per heavy atom. The number of benzene rings is 2. The molecule has 1 unspecified atom stereocenters. The number of carbonyl (C=O) groups is 1. The zero-order valence-corrected chi connectivity index (χ0v) is 19.1. The molecular formula is C26H30N4O3. The Morgan fingerprint density at radius 1 is 1.12 bits per heavy atom. The normalized spacial score (nSPS) is 16.0. The molecule has 0 spiro atoms. The fourth-order valence-corrected chi connectivity index (χ4v) is 4.12. The van der Waals surface area contributed by atoms with Crippen LogP contribution in [-0.4, -0.2) is 44.0 Å². The van der Waals surface area contributed by atoms with Crippen molar-refractivity contribution in [3.05, 3.63) is 89.4 Å². The van der Waals surface area contributed by atoms with Gasteiger partial charge in [-0.05, 0) is 53.9 Å². The van der Waals surface area contributed by atoms with Gasteiger partial charge < -0.3 is 24.7 Å². The van der Waals surface area contributed by atoms with Crippen molar-refractivity contribution in [1.82, 2.24) is 15.5 Å². The summed E-state index contributed by atoms with van der Waals surface area (Å²) in [6.45, 7) is 2.83. The molecule has 1 aliphatic rings. The zero-order valence-electron chi connectivity index (χ0n) is 19.1. The largest absolute Gasteiger partial charge is 0.497 e.